The molecule has 14 heavy (non-hydrogen) atoms. The van der Waals surface area contributed by atoms with E-state index in [0.717, 1.165) is 19.0 Å². The van der Waals surface area contributed by atoms with Crippen LogP contribution in [0.3, 0.4) is 0 Å². The van der Waals surface area contributed by atoms with Crippen molar-refractivity contribution >= 4 is 5.96 Å². The standard InChI is InChI=1S/C9H19N3O2/c1-10-9(11-2)12-7-4-5-14-6-8(7)13-3/h7-8H,4-6H2,1-3H3,(H2,10,11,12). The molecule has 0 aromatic heterocycles. The summed E-state index contributed by atoms with van der Waals surface area (Å²) in [6.07, 6.45) is 1.05. The minimum absolute atomic E-state index is 0.105. The third-order valence-corrected chi connectivity index (χ3v) is 2.39. The van der Waals surface area contributed by atoms with E-state index in [1.165, 1.54) is 0 Å². The predicted octanol–water partition coefficient (Wildman–Crippen LogP) is -0.415. The molecular formula is C9H19N3O2. The number of guanidine groups is 1. The smallest absolute Gasteiger partial charge is 0.191 e. The highest BCUT2D eigenvalue weighted by Crippen LogP contribution is 2.10. The van der Waals surface area contributed by atoms with Crippen LogP contribution in [0, 0.1) is 0 Å². The molecule has 0 aromatic carbocycles. The van der Waals surface area contributed by atoms with Gasteiger partial charge in [0.25, 0.3) is 0 Å². The highest BCUT2D eigenvalue weighted by atomic mass is 16.5. The Hall–Kier alpha value is -0.810. The molecular weight excluding hydrogens is 182 g/mol. The summed E-state index contributed by atoms with van der Waals surface area (Å²) in [6, 6.07) is 0.278. The van der Waals surface area contributed by atoms with Crippen LogP contribution in [0.1, 0.15) is 6.42 Å². The third-order valence-electron chi connectivity index (χ3n) is 2.39. The summed E-state index contributed by atoms with van der Waals surface area (Å²) in [4.78, 5) is 4.07. The summed E-state index contributed by atoms with van der Waals surface area (Å²) in [7, 11) is 5.30. The van der Waals surface area contributed by atoms with Crippen LogP contribution >= 0.6 is 0 Å². The van der Waals surface area contributed by atoms with Gasteiger partial charge in [0.1, 0.15) is 6.10 Å². The van der Waals surface area contributed by atoms with E-state index in [1.54, 1.807) is 14.2 Å². The van der Waals surface area contributed by atoms with E-state index in [0.29, 0.717) is 6.61 Å². The molecule has 1 fully saturated rings. The minimum atomic E-state index is 0.105. The van der Waals surface area contributed by atoms with Crippen molar-refractivity contribution in [3.63, 3.8) is 0 Å². The van der Waals surface area contributed by atoms with E-state index >= 15 is 0 Å². The van der Waals surface area contributed by atoms with E-state index in [-0.39, 0.29) is 12.1 Å². The molecule has 0 bridgehead atoms. The van der Waals surface area contributed by atoms with Crippen molar-refractivity contribution in [1.82, 2.24) is 10.6 Å². The first-order valence-corrected chi connectivity index (χ1v) is 4.83. The number of ether oxygens (including phenoxy) is 2. The van der Waals surface area contributed by atoms with Gasteiger partial charge >= 0.3 is 0 Å². The first-order chi connectivity index (χ1) is 6.81. The fraction of sp³-hybridized carbons (Fsp3) is 0.889. The van der Waals surface area contributed by atoms with Crippen LogP contribution in [0.2, 0.25) is 0 Å². The van der Waals surface area contributed by atoms with Crippen molar-refractivity contribution in [3.8, 4) is 0 Å². The molecule has 1 saturated heterocycles. The second kappa shape index (κ2) is 5.82. The molecule has 0 amide bonds. The monoisotopic (exact) mass is 201 g/mol. The molecule has 2 N–H and O–H groups in total. The van der Waals surface area contributed by atoms with E-state index in [1.807, 2.05) is 7.05 Å². The van der Waals surface area contributed by atoms with Gasteiger partial charge in [-0.1, -0.05) is 0 Å². The van der Waals surface area contributed by atoms with Crippen LogP contribution < -0.4 is 10.6 Å². The number of hydrogen-bond donors (Lipinski definition) is 2. The molecule has 0 aliphatic carbocycles. The van der Waals surface area contributed by atoms with Crippen LogP contribution in [-0.4, -0.2) is 52.5 Å². The van der Waals surface area contributed by atoms with E-state index < -0.39 is 0 Å². The summed E-state index contributed by atoms with van der Waals surface area (Å²) in [5.41, 5.74) is 0. The predicted molar refractivity (Wildman–Crippen MR) is 55.6 cm³/mol. The average Bonchev–Trinajstić information content (AvgIpc) is 2.26. The lowest BCUT2D eigenvalue weighted by Gasteiger charge is -2.31. The number of hydrogen-bond acceptors (Lipinski definition) is 3. The van der Waals surface area contributed by atoms with Crippen molar-refractivity contribution in [1.29, 1.82) is 0 Å². The van der Waals surface area contributed by atoms with Crippen molar-refractivity contribution in [2.24, 2.45) is 4.99 Å². The Balaban J connectivity index is 2.47. The Morgan fingerprint density at radius 1 is 1.57 bits per heavy atom. The Morgan fingerprint density at radius 2 is 2.36 bits per heavy atom. The van der Waals surface area contributed by atoms with Gasteiger partial charge in [0, 0.05) is 27.8 Å². The molecule has 2 atom stereocenters. The van der Waals surface area contributed by atoms with E-state index in [9.17, 15) is 0 Å². The fourth-order valence-electron chi connectivity index (χ4n) is 1.53. The number of rotatable bonds is 2. The molecule has 1 heterocycles. The summed E-state index contributed by atoms with van der Waals surface area (Å²) in [5, 5.41) is 6.28. The largest absolute Gasteiger partial charge is 0.379 e. The average molecular weight is 201 g/mol. The lowest BCUT2D eigenvalue weighted by atomic mass is 10.1. The maximum Gasteiger partial charge on any atom is 0.191 e. The Kier molecular flexibility index (Phi) is 4.69. The lowest BCUT2D eigenvalue weighted by molar-refractivity contribution is -0.0458. The van der Waals surface area contributed by atoms with Gasteiger partial charge in [-0.2, -0.15) is 0 Å². The van der Waals surface area contributed by atoms with Gasteiger partial charge in [-0.05, 0) is 6.42 Å². The Morgan fingerprint density at radius 3 is 2.93 bits per heavy atom. The number of nitrogens with one attached hydrogen (secondary N) is 2. The molecule has 5 heteroatoms. The van der Waals surface area contributed by atoms with Gasteiger partial charge in [0.05, 0.1) is 12.6 Å². The van der Waals surface area contributed by atoms with Gasteiger partial charge < -0.3 is 20.1 Å². The third kappa shape index (κ3) is 2.85. The van der Waals surface area contributed by atoms with Crippen LogP contribution in [0.5, 0.6) is 0 Å². The molecule has 1 rings (SSSR count). The normalized spacial score (nSPS) is 28.6. The van der Waals surface area contributed by atoms with Gasteiger partial charge in [-0.3, -0.25) is 4.99 Å². The minimum Gasteiger partial charge on any atom is -0.379 e. The first kappa shape index (κ1) is 11.3. The molecule has 5 nitrogen and oxygen atoms in total. The van der Waals surface area contributed by atoms with Gasteiger partial charge in [0.2, 0.25) is 0 Å². The van der Waals surface area contributed by atoms with Crippen molar-refractivity contribution in [3.05, 3.63) is 0 Å². The van der Waals surface area contributed by atoms with Crippen molar-refractivity contribution < 1.29 is 9.47 Å². The fourth-order valence-corrected chi connectivity index (χ4v) is 1.53. The first-order valence-electron chi connectivity index (χ1n) is 4.83. The van der Waals surface area contributed by atoms with Crippen LogP contribution in [0.4, 0.5) is 0 Å². The SMILES string of the molecule is CN=C(NC)NC1CCOCC1OC. The summed E-state index contributed by atoms with van der Waals surface area (Å²) in [6.45, 7) is 1.42. The quantitative estimate of drug-likeness (QED) is 0.471. The second-order valence-electron chi connectivity index (χ2n) is 3.21. The zero-order valence-electron chi connectivity index (χ0n) is 9.04. The highest BCUT2D eigenvalue weighted by Gasteiger charge is 2.25. The maximum absolute atomic E-state index is 5.33. The van der Waals surface area contributed by atoms with Crippen LogP contribution in [-0.2, 0) is 9.47 Å². The molecule has 1 aliphatic rings. The van der Waals surface area contributed by atoms with Gasteiger partial charge in [-0.15, -0.1) is 0 Å². The van der Waals surface area contributed by atoms with E-state index in [4.69, 9.17) is 9.47 Å². The molecule has 82 valence electrons. The zero-order valence-corrected chi connectivity index (χ0v) is 9.04. The van der Waals surface area contributed by atoms with Crippen LogP contribution in [0.15, 0.2) is 4.99 Å². The summed E-state index contributed by atoms with van der Waals surface area (Å²) < 4.78 is 10.7. The molecule has 0 aromatic rings. The number of methoxy groups -OCH3 is 1. The number of nitrogens with zero attached hydrogens (tertiary/aromatic N) is 1. The van der Waals surface area contributed by atoms with Gasteiger partial charge in [-0.25, -0.2) is 0 Å². The zero-order chi connectivity index (χ0) is 10.4. The molecule has 0 radical (unpaired) electrons. The highest BCUT2D eigenvalue weighted by molar-refractivity contribution is 5.79. The molecule has 0 saturated carbocycles. The van der Waals surface area contributed by atoms with Crippen LogP contribution in [0.25, 0.3) is 0 Å². The van der Waals surface area contributed by atoms with Crippen molar-refractivity contribution in [2.45, 2.75) is 18.6 Å². The van der Waals surface area contributed by atoms with Crippen molar-refractivity contribution in [2.75, 3.05) is 34.4 Å². The second-order valence-corrected chi connectivity index (χ2v) is 3.21. The molecule has 0 spiro atoms. The number of aliphatic imine (C=N–C) groups is 1. The van der Waals surface area contributed by atoms with E-state index in [2.05, 4.69) is 15.6 Å². The summed E-state index contributed by atoms with van der Waals surface area (Å²) >= 11 is 0. The molecule has 2 unspecified atom stereocenters. The summed E-state index contributed by atoms with van der Waals surface area (Å²) in [5.74, 6) is 0.791. The maximum atomic E-state index is 5.33. The lowest BCUT2D eigenvalue weighted by Crippen LogP contribution is -2.52. The Labute approximate surface area is 84.9 Å². The Bertz CT molecular complexity index is 196. The van der Waals surface area contributed by atoms with Gasteiger partial charge in [0.15, 0.2) is 5.96 Å². The molecule has 1 aliphatic heterocycles. The topological polar surface area (TPSA) is 54.9 Å².